The van der Waals surface area contributed by atoms with E-state index in [1.54, 1.807) is 42.0 Å². The molecule has 0 bridgehead atoms. The third kappa shape index (κ3) is 6.98. The number of hydrogen-bond donors (Lipinski definition) is 4. The van der Waals surface area contributed by atoms with Gasteiger partial charge in [0.15, 0.2) is 11.2 Å². The van der Waals surface area contributed by atoms with Gasteiger partial charge in [-0.2, -0.15) is 13.2 Å². The van der Waals surface area contributed by atoms with E-state index >= 15 is 0 Å². The number of nitrogens with zero attached hydrogens (tertiary/aromatic N) is 4. The molecule has 3 aromatic heterocycles. The third-order valence-corrected chi connectivity index (χ3v) is 6.31. The molecule has 1 unspecified atom stereocenters. The standard InChI is InChI=1S/C25H18N6O3S.C2HF3O2/c26-20-8-6-16(13-29-20)4-3-15-5-7-17-14-31(24(34)18(17)12-15)22(21-19(32)2-1-9-27-21)23(33)30-25-28-10-11-35-25;3-2(4,5)1(6)7/h1-2,5-13,22,32H,14H2,(H2,26,29)(H,28,30,33);(H,6,7). The van der Waals surface area contributed by atoms with Crippen molar-refractivity contribution in [2.75, 3.05) is 11.1 Å². The first-order chi connectivity index (χ1) is 19.9. The molecule has 0 aliphatic carbocycles. The van der Waals surface area contributed by atoms with Crippen molar-refractivity contribution in [2.45, 2.75) is 18.8 Å². The van der Waals surface area contributed by atoms with E-state index in [2.05, 4.69) is 32.1 Å². The zero-order valence-corrected chi connectivity index (χ0v) is 22.0. The average molecular weight is 597 g/mol. The van der Waals surface area contributed by atoms with Crippen molar-refractivity contribution in [1.82, 2.24) is 19.9 Å². The summed E-state index contributed by atoms with van der Waals surface area (Å²) in [5, 5.41) is 22.4. The molecule has 15 heteroatoms. The van der Waals surface area contributed by atoms with Gasteiger partial charge >= 0.3 is 12.1 Å². The molecule has 4 heterocycles. The van der Waals surface area contributed by atoms with Crippen molar-refractivity contribution in [2.24, 2.45) is 0 Å². The molecule has 1 aliphatic rings. The summed E-state index contributed by atoms with van der Waals surface area (Å²) >= 11 is 1.25. The van der Waals surface area contributed by atoms with Crippen LogP contribution < -0.4 is 11.1 Å². The molecule has 42 heavy (non-hydrogen) atoms. The molecular formula is C27H19F3N6O5S. The summed E-state index contributed by atoms with van der Waals surface area (Å²) in [6.07, 6.45) is -0.479. The molecule has 0 spiro atoms. The molecule has 1 aromatic carbocycles. The van der Waals surface area contributed by atoms with Crippen LogP contribution in [0.25, 0.3) is 0 Å². The lowest BCUT2D eigenvalue weighted by Crippen LogP contribution is -2.38. The average Bonchev–Trinajstić information content (AvgIpc) is 3.57. The van der Waals surface area contributed by atoms with Crippen molar-refractivity contribution in [3.05, 3.63) is 94.4 Å². The number of nitrogens with two attached hydrogens (primary N) is 1. The van der Waals surface area contributed by atoms with Gasteiger partial charge in [0.05, 0.1) is 0 Å². The second kappa shape index (κ2) is 12.4. The maximum atomic E-state index is 13.4. The van der Waals surface area contributed by atoms with Crippen LogP contribution in [0.4, 0.5) is 24.1 Å². The number of nitrogens with one attached hydrogen (secondary N) is 1. The van der Waals surface area contributed by atoms with Crippen LogP contribution in [-0.4, -0.2) is 54.0 Å². The summed E-state index contributed by atoms with van der Waals surface area (Å²) < 4.78 is 31.7. The highest BCUT2D eigenvalue weighted by Gasteiger charge is 2.40. The second-order valence-electron chi connectivity index (χ2n) is 8.47. The Bertz CT molecular complexity index is 1690. The van der Waals surface area contributed by atoms with Gasteiger partial charge in [-0.15, -0.1) is 11.3 Å². The van der Waals surface area contributed by atoms with E-state index < -0.39 is 24.1 Å². The van der Waals surface area contributed by atoms with Crippen molar-refractivity contribution in [1.29, 1.82) is 0 Å². The largest absolute Gasteiger partial charge is 0.506 e. The van der Waals surface area contributed by atoms with Gasteiger partial charge in [0.1, 0.15) is 17.3 Å². The molecule has 11 nitrogen and oxygen atoms in total. The minimum atomic E-state index is -5.08. The van der Waals surface area contributed by atoms with Crippen LogP contribution in [0.15, 0.2) is 66.4 Å². The normalized spacial score (nSPS) is 12.7. The van der Waals surface area contributed by atoms with Gasteiger partial charge in [-0.1, -0.05) is 17.9 Å². The first kappa shape index (κ1) is 29.5. The van der Waals surface area contributed by atoms with Gasteiger partial charge in [-0.05, 0) is 42.0 Å². The molecule has 1 atom stereocenters. The maximum absolute atomic E-state index is 13.4. The molecule has 0 saturated carbocycles. The molecule has 0 fully saturated rings. The monoisotopic (exact) mass is 596 g/mol. The highest BCUT2D eigenvalue weighted by atomic mass is 32.1. The number of rotatable bonds is 4. The molecule has 0 saturated heterocycles. The number of anilines is 2. The van der Waals surface area contributed by atoms with Crippen LogP contribution in [0.2, 0.25) is 0 Å². The molecule has 4 aromatic rings. The van der Waals surface area contributed by atoms with Crippen LogP contribution in [0.1, 0.15) is 38.8 Å². The topological polar surface area (TPSA) is 172 Å². The number of benzene rings is 1. The minimum absolute atomic E-state index is 0.0820. The highest BCUT2D eigenvalue weighted by molar-refractivity contribution is 7.13. The predicted octanol–water partition coefficient (Wildman–Crippen LogP) is 3.59. The number of halogens is 3. The number of aliphatic carboxylic acids is 1. The Morgan fingerprint density at radius 2 is 1.79 bits per heavy atom. The third-order valence-electron chi connectivity index (χ3n) is 5.62. The van der Waals surface area contributed by atoms with Crippen molar-refractivity contribution in [3.8, 4) is 17.6 Å². The fourth-order valence-corrected chi connectivity index (χ4v) is 4.26. The molecular weight excluding hydrogens is 577 g/mol. The minimum Gasteiger partial charge on any atom is -0.506 e. The van der Waals surface area contributed by atoms with Crippen molar-refractivity contribution >= 4 is 40.1 Å². The highest BCUT2D eigenvalue weighted by Crippen LogP contribution is 2.35. The van der Waals surface area contributed by atoms with Crippen molar-refractivity contribution in [3.63, 3.8) is 0 Å². The first-order valence-corrected chi connectivity index (χ1v) is 12.6. The fraction of sp³-hybridized carbons (Fsp3) is 0.111. The lowest BCUT2D eigenvalue weighted by atomic mass is 10.1. The number of carboxylic acids is 1. The zero-order valence-electron chi connectivity index (χ0n) is 21.2. The maximum Gasteiger partial charge on any atom is 0.490 e. The van der Waals surface area contributed by atoms with E-state index in [0.29, 0.717) is 27.6 Å². The van der Waals surface area contributed by atoms with Crippen LogP contribution in [0.5, 0.6) is 5.75 Å². The summed E-state index contributed by atoms with van der Waals surface area (Å²) in [6, 6.07) is 10.6. The number of fused-ring (bicyclic) bond motifs is 1. The second-order valence-corrected chi connectivity index (χ2v) is 9.36. The van der Waals surface area contributed by atoms with E-state index in [4.69, 9.17) is 15.6 Å². The Hall–Kier alpha value is -5.49. The molecule has 5 N–H and O–H groups in total. The van der Waals surface area contributed by atoms with Gasteiger partial charge in [-0.25, -0.2) is 14.8 Å². The fourth-order valence-electron chi connectivity index (χ4n) is 3.73. The Morgan fingerprint density at radius 3 is 2.40 bits per heavy atom. The predicted molar refractivity (Wildman–Crippen MR) is 144 cm³/mol. The van der Waals surface area contributed by atoms with E-state index in [1.165, 1.54) is 28.5 Å². The van der Waals surface area contributed by atoms with E-state index in [1.807, 2.05) is 12.1 Å². The Labute approximate surface area is 239 Å². The van der Waals surface area contributed by atoms with Crippen LogP contribution in [0, 0.1) is 11.8 Å². The molecule has 0 radical (unpaired) electrons. The summed E-state index contributed by atoms with van der Waals surface area (Å²) in [5.74, 6) is 2.62. The molecule has 2 amide bonds. The van der Waals surface area contributed by atoms with E-state index in [9.17, 15) is 27.9 Å². The molecule has 5 rings (SSSR count). The van der Waals surface area contributed by atoms with Gasteiger partial charge in [0, 0.05) is 47.2 Å². The summed E-state index contributed by atoms with van der Waals surface area (Å²) in [4.78, 5) is 49.3. The zero-order chi connectivity index (χ0) is 30.4. The number of pyridine rings is 2. The number of carboxylic acid groups (broad SMARTS) is 1. The molecule has 1 aliphatic heterocycles. The van der Waals surface area contributed by atoms with Gasteiger partial charge in [0.2, 0.25) is 0 Å². The summed E-state index contributed by atoms with van der Waals surface area (Å²) in [5.41, 5.74) is 8.21. The number of aromatic hydroxyl groups is 1. The van der Waals surface area contributed by atoms with Crippen LogP contribution in [-0.2, 0) is 16.1 Å². The SMILES string of the molecule is Nc1ccc(C#Cc2ccc3c(c2)C(=O)N(C(C(=O)Nc2nccs2)c2ncccc2O)C3)cn1.O=C(O)C(F)(F)F. The quantitative estimate of drug-likeness (QED) is 0.257. The number of carbonyl (C=O) groups excluding carboxylic acids is 2. The lowest BCUT2D eigenvalue weighted by Gasteiger charge is -2.26. The number of amides is 2. The Balaban J connectivity index is 0.000000517. The number of carbonyl (C=O) groups is 3. The van der Waals surface area contributed by atoms with Crippen LogP contribution >= 0.6 is 11.3 Å². The summed E-state index contributed by atoms with van der Waals surface area (Å²) in [6.45, 7) is 0.176. The van der Waals surface area contributed by atoms with Crippen molar-refractivity contribution < 1.29 is 37.8 Å². The lowest BCUT2D eigenvalue weighted by molar-refractivity contribution is -0.192. The van der Waals surface area contributed by atoms with E-state index in [0.717, 1.165) is 5.56 Å². The number of nitrogen functional groups attached to an aromatic ring is 1. The summed E-state index contributed by atoms with van der Waals surface area (Å²) in [7, 11) is 0. The first-order valence-electron chi connectivity index (χ1n) is 11.8. The molecule has 214 valence electrons. The van der Waals surface area contributed by atoms with Gasteiger partial charge < -0.3 is 20.8 Å². The smallest absolute Gasteiger partial charge is 0.490 e. The van der Waals surface area contributed by atoms with Gasteiger partial charge in [0.25, 0.3) is 11.8 Å². The van der Waals surface area contributed by atoms with E-state index in [-0.39, 0.29) is 23.9 Å². The number of hydrogen-bond acceptors (Lipinski definition) is 9. The number of aromatic nitrogens is 3. The van der Waals surface area contributed by atoms with Gasteiger partial charge in [-0.3, -0.25) is 19.9 Å². The number of alkyl halides is 3. The Morgan fingerprint density at radius 1 is 1.07 bits per heavy atom. The Kier molecular flexibility index (Phi) is 8.67. The van der Waals surface area contributed by atoms with Crippen LogP contribution in [0.3, 0.4) is 0 Å². The number of thiazole rings is 1.